The molecule has 6 heteroatoms. The van der Waals surface area contributed by atoms with Crippen molar-refractivity contribution in [3.05, 3.63) is 0 Å². The number of carboxylic acids is 1. The number of carboxylic acid groups (broad SMARTS) is 1. The van der Waals surface area contributed by atoms with E-state index in [1.54, 1.807) is 41.5 Å². The van der Waals surface area contributed by atoms with Gasteiger partial charge >= 0.3 is 7.60 Å². The van der Waals surface area contributed by atoms with Gasteiger partial charge in [0, 0.05) is 0 Å². The van der Waals surface area contributed by atoms with Crippen LogP contribution < -0.4 is 5.11 Å². The second-order valence-corrected chi connectivity index (χ2v) is 7.45. The number of carbonyl (C=O) groups excluding carboxylic acids is 1. The number of hydrogen-bond acceptors (Lipinski definition) is 5. The van der Waals surface area contributed by atoms with E-state index in [9.17, 15) is 14.5 Å². The molecule has 96 valence electrons. The van der Waals surface area contributed by atoms with Crippen LogP contribution in [0.5, 0.6) is 0 Å². The quantitative estimate of drug-likeness (QED) is 0.709. The summed E-state index contributed by atoms with van der Waals surface area (Å²) in [6, 6.07) is 0. The third kappa shape index (κ3) is 7.85. The summed E-state index contributed by atoms with van der Waals surface area (Å²) >= 11 is 0. The molecule has 0 heterocycles. The zero-order valence-corrected chi connectivity index (χ0v) is 11.6. The first-order chi connectivity index (χ1) is 6.83. The van der Waals surface area contributed by atoms with Gasteiger partial charge in [-0.25, -0.2) is 0 Å². The summed E-state index contributed by atoms with van der Waals surface area (Å²) in [6.07, 6.45) is -0.735. The number of rotatable bonds is 4. The summed E-state index contributed by atoms with van der Waals surface area (Å²) in [7, 11) is -3.68. The molecule has 0 N–H and O–H groups in total. The molecule has 0 aromatic heterocycles. The van der Waals surface area contributed by atoms with Gasteiger partial charge in [0.05, 0.1) is 23.3 Å². The maximum absolute atomic E-state index is 12.2. The Balaban J connectivity index is 4.90. The smallest absolute Gasteiger partial charge is 0.337 e. The first-order valence-electron chi connectivity index (χ1n) is 5.03. The molecule has 0 bridgehead atoms. The van der Waals surface area contributed by atoms with Gasteiger partial charge in [-0.15, -0.1) is 0 Å². The molecule has 0 aliphatic carbocycles. The van der Waals surface area contributed by atoms with Crippen molar-refractivity contribution < 1.29 is 23.5 Å². The van der Waals surface area contributed by atoms with Crippen LogP contribution in [-0.4, -0.2) is 23.3 Å². The van der Waals surface area contributed by atoms with Crippen LogP contribution in [0, 0.1) is 0 Å². The molecule has 0 aromatic carbocycles. The molecule has 0 aromatic rings. The zero-order chi connectivity index (χ0) is 13.2. The van der Waals surface area contributed by atoms with Crippen molar-refractivity contribution in [3.63, 3.8) is 0 Å². The van der Waals surface area contributed by atoms with E-state index in [4.69, 9.17) is 9.05 Å². The van der Waals surface area contributed by atoms with E-state index < -0.39 is 30.9 Å². The Morgan fingerprint density at radius 1 is 1.06 bits per heavy atom. The van der Waals surface area contributed by atoms with Crippen LogP contribution in [0.4, 0.5) is 0 Å². The molecule has 0 atom stereocenters. The van der Waals surface area contributed by atoms with E-state index in [0.29, 0.717) is 0 Å². The minimum absolute atomic E-state index is 0.735. The Labute approximate surface area is 96.7 Å². The van der Waals surface area contributed by atoms with Gasteiger partial charge in [0.25, 0.3) is 0 Å². The van der Waals surface area contributed by atoms with Gasteiger partial charge < -0.3 is 18.9 Å². The summed E-state index contributed by atoms with van der Waals surface area (Å²) in [5.74, 6) is -1.45. The molecule has 0 rings (SSSR count). The zero-order valence-electron chi connectivity index (χ0n) is 10.7. The highest BCUT2D eigenvalue weighted by Gasteiger charge is 2.35. The summed E-state index contributed by atoms with van der Waals surface area (Å²) in [5.41, 5.74) is -1.48. The third-order valence-corrected chi connectivity index (χ3v) is 3.45. The van der Waals surface area contributed by atoms with Gasteiger partial charge in [0.15, 0.2) is 0 Å². The van der Waals surface area contributed by atoms with Gasteiger partial charge in [-0.3, -0.25) is 4.57 Å². The highest BCUT2D eigenvalue weighted by atomic mass is 31.2. The number of aliphatic carboxylic acids is 1. The van der Waals surface area contributed by atoms with Crippen LogP contribution in [0.3, 0.4) is 0 Å². The van der Waals surface area contributed by atoms with Gasteiger partial charge in [-0.05, 0) is 41.5 Å². The SMILES string of the molecule is CC(C)(C)OP(=O)(CC(=O)[O-])OC(C)(C)C. The molecule has 0 amide bonds. The van der Waals surface area contributed by atoms with Crippen molar-refractivity contribution >= 4 is 13.6 Å². The molecule has 0 radical (unpaired) electrons. The van der Waals surface area contributed by atoms with Gasteiger partial charge in [-0.1, -0.05) is 0 Å². The van der Waals surface area contributed by atoms with Crippen LogP contribution in [0.2, 0.25) is 0 Å². The molecule has 0 aliphatic rings. The molecule has 5 nitrogen and oxygen atoms in total. The lowest BCUT2D eigenvalue weighted by Crippen LogP contribution is -2.31. The average molecular weight is 251 g/mol. The fourth-order valence-corrected chi connectivity index (χ4v) is 3.23. The van der Waals surface area contributed by atoms with Crippen molar-refractivity contribution in [2.75, 3.05) is 6.16 Å². The molecule has 0 fully saturated rings. The fraction of sp³-hybridized carbons (Fsp3) is 0.900. The first-order valence-corrected chi connectivity index (χ1v) is 6.76. The van der Waals surface area contributed by atoms with Gasteiger partial charge in [0.2, 0.25) is 0 Å². The minimum atomic E-state index is -3.68. The highest BCUT2D eigenvalue weighted by molar-refractivity contribution is 7.54. The lowest BCUT2D eigenvalue weighted by Gasteiger charge is -2.32. The van der Waals surface area contributed by atoms with E-state index in [0.717, 1.165) is 0 Å². The first kappa shape index (κ1) is 15.6. The lowest BCUT2D eigenvalue weighted by molar-refractivity contribution is -0.301. The highest BCUT2D eigenvalue weighted by Crippen LogP contribution is 2.53. The molecule has 0 unspecified atom stereocenters. The predicted octanol–water partition coefficient (Wildman–Crippen LogP) is 1.56. The lowest BCUT2D eigenvalue weighted by atomic mass is 10.2. The maximum atomic E-state index is 12.2. The second-order valence-electron chi connectivity index (χ2n) is 5.55. The van der Waals surface area contributed by atoms with E-state index in [-0.39, 0.29) is 0 Å². The summed E-state index contributed by atoms with van der Waals surface area (Å²) in [5, 5.41) is 10.5. The maximum Gasteiger partial charge on any atom is 0.337 e. The molecule has 0 spiro atoms. The Morgan fingerprint density at radius 3 is 1.56 bits per heavy atom. The Morgan fingerprint density at radius 2 is 1.38 bits per heavy atom. The molecular weight excluding hydrogens is 231 g/mol. The second kappa shape index (κ2) is 4.86. The van der Waals surface area contributed by atoms with Gasteiger partial charge in [0.1, 0.15) is 0 Å². The molecule has 0 saturated carbocycles. The summed E-state index contributed by atoms with van der Waals surface area (Å²) in [4.78, 5) is 10.5. The fourth-order valence-electron chi connectivity index (χ4n) is 1.08. The monoisotopic (exact) mass is 251 g/mol. The van der Waals surface area contributed by atoms with Crippen molar-refractivity contribution in [1.82, 2.24) is 0 Å². The van der Waals surface area contributed by atoms with Crippen molar-refractivity contribution in [1.29, 1.82) is 0 Å². The third-order valence-electron chi connectivity index (χ3n) is 1.15. The molecule has 0 saturated heterocycles. The van der Waals surface area contributed by atoms with E-state index >= 15 is 0 Å². The van der Waals surface area contributed by atoms with E-state index in [1.165, 1.54) is 0 Å². The predicted molar refractivity (Wildman–Crippen MR) is 59.2 cm³/mol. The topological polar surface area (TPSA) is 75.7 Å². The normalized spacial score (nSPS) is 13.9. The largest absolute Gasteiger partial charge is 0.549 e. The van der Waals surface area contributed by atoms with Gasteiger partial charge in [-0.2, -0.15) is 0 Å². The molecule has 0 aliphatic heterocycles. The van der Waals surface area contributed by atoms with Crippen LogP contribution in [-0.2, 0) is 18.4 Å². The van der Waals surface area contributed by atoms with Crippen molar-refractivity contribution in [2.45, 2.75) is 52.7 Å². The van der Waals surface area contributed by atoms with Crippen LogP contribution in [0.1, 0.15) is 41.5 Å². The van der Waals surface area contributed by atoms with Crippen LogP contribution in [0.25, 0.3) is 0 Å². The van der Waals surface area contributed by atoms with Crippen molar-refractivity contribution in [2.24, 2.45) is 0 Å². The number of hydrogen-bond donors (Lipinski definition) is 0. The summed E-state index contributed by atoms with van der Waals surface area (Å²) < 4.78 is 22.6. The molecule has 16 heavy (non-hydrogen) atoms. The Hall–Kier alpha value is -0.380. The van der Waals surface area contributed by atoms with Crippen molar-refractivity contribution in [3.8, 4) is 0 Å². The van der Waals surface area contributed by atoms with E-state index in [1.807, 2.05) is 0 Å². The molecular formula is C10H20O5P-. The average Bonchev–Trinajstić information content (AvgIpc) is 1.69. The summed E-state index contributed by atoms with van der Waals surface area (Å²) in [6.45, 7) is 10.1. The van der Waals surface area contributed by atoms with Crippen LogP contribution in [0.15, 0.2) is 0 Å². The van der Waals surface area contributed by atoms with E-state index in [2.05, 4.69) is 0 Å². The number of carbonyl (C=O) groups is 1. The standard InChI is InChI=1S/C10H21O5P/c1-9(2,3)14-16(13,7-8(11)12)15-10(4,5)6/h7H2,1-6H3,(H,11,12)/p-1. The Kier molecular flexibility index (Phi) is 4.75. The minimum Gasteiger partial charge on any atom is -0.549 e. The van der Waals surface area contributed by atoms with Crippen LogP contribution >= 0.6 is 7.60 Å². The Bertz CT molecular complexity index is 277.